The first-order valence-corrected chi connectivity index (χ1v) is 6.54. The summed E-state index contributed by atoms with van der Waals surface area (Å²) in [6, 6.07) is 0.0972. The Morgan fingerprint density at radius 2 is 2.31 bits per heavy atom. The highest BCUT2D eigenvalue weighted by Gasteiger charge is 2.46. The molecule has 0 amide bonds. The Morgan fingerprint density at radius 3 is 2.92 bits per heavy atom. The summed E-state index contributed by atoms with van der Waals surface area (Å²) in [5.41, 5.74) is 0. The zero-order valence-corrected chi connectivity index (χ0v) is 8.99. The van der Waals surface area contributed by atoms with Gasteiger partial charge in [0.05, 0.1) is 23.6 Å². The average molecular weight is 220 g/mol. The van der Waals surface area contributed by atoms with Crippen molar-refractivity contribution in [1.82, 2.24) is 10.2 Å². The molecule has 2 saturated heterocycles. The third kappa shape index (κ3) is 1.42. The van der Waals surface area contributed by atoms with Crippen molar-refractivity contribution in [2.75, 3.05) is 18.1 Å². The molecule has 0 bridgehead atoms. The van der Waals surface area contributed by atoms with Gasteiger partial charge in [-0.1, -0.05) is 0 Å². The summed E-state index contributed by atoms with van der Waals surface area (Å²) in [6.07, 6.45) is 0. The van der Waals surface area contributed by atoms with Crippen LogP contribution in [0, 0.1) is 0 Å². The molecular formula is C7H12N2O2S2. The molecule has 0 aromatic heterocycles. The monoisotopic (exact) mass is 220 g/mol. The first-order valence-electron chi connectivity index (χ1n) is 4.31. The van der Waals surface area contributed by atoms with Crippen molar-refractivity contribution in [1.29, 1.82) is 0 Å². The second kappa shape index (κ2) is 2.81. The van der Waals surface area contributed by atoms with Crippen LogP contribution in [0.25, 0.3) is 0 Å². The number of sulfone groups is 1. The summed E-state index contributed by atoms with van der Waals surface area (Å²) in [7, 11) is -2.84. The van der Waals surface area contributed by atoms with Crippen LogP contribution in [-0.2, 0) is 9.84 Å². The smallest absolute Gasteiger partial charge is 0.169 e. The van der Waals surface area contributed by atoms with Gasteiger partial charge in [-0.25, -0.2) is 8.42 Å². The van der Waals surface area contributed by atoms with Crippen molar-refractivity contribution in [2.45, 2.75) is 19.0 Å². The van der Waals surface area contributed by atoms with Crippen LogP contribution >= 0.6 is 12.2 Å². The Hall–Kier alpha value is -0.360. The van der Waals surface area contributed by atoms with Gasteiger partial charge in [-0.05, 0) is 19.1 Å². The van der Waals surface area contributed by atoms with E-state index in [-0.39, 0.29) is 23.6 Å². The largest absolute Gasteiger partial charge is 0.357 e. The van der Waals surface area contributed by atoms with Gasteiger partial charge in [0.1, 0.15) is 0 Å². The normalized spacial score (nSPS) is 36.1. The fourth-order valence-corrected chi connectivity index (χ4v) is 4.38. The van der Waals surface area contributed by atoms with Crippen molar-refractivity contribution in [3.8, 4) is 0 Å². The van der Waals surface area contributed by atoms with Gasteiger partial charge in [-0.3, -0.25) is 0 Å². The highest BCUT2D eigenvalue weighted by molar-refractivity contribution is 7.91. The van der Waals surface area contributed by atoms with Crippen LogP contribution in [-0.4, -0.2) is 48.6 Å². The topological polar surface area (TPSA) is 49.4 Å². The van der Waals surface area contributed by atoms with Gasteiger partial charge in [-0.2, -0.15) is 0 Å². The number of likely N-dealkylation sites (N-methyl/N-ethyl adjacent to an activating group) is 1. The summed E-state index contributed by atoms with van der Waals surface area (Å²) in [6.45, 7) is 2.77. The lowest BCUT2D eigenvalue weighted by molar-refractivity contribution is 0.371. The molecule has 74 valence electrons. The molecule has 2 heterocycles. The van der Waals surface area contributed by atoms with Gasteiger partial charge in [0, 0.05) is 6.54 Å². The first-order chi connectivity index (χ1) is 6.03. The van der Waals surface area contributed by atoms with Crippen molar-refractivity contribution in [3.63, 3.8) is 0 Å². The zero-order chi connectivity index (χ0) is 9.64. The van der Waals surface area contributed by atoms with Crippen LogP contribution in [0.2, 0.25) is 0 Å². The zero-order valence-electron chi connectivity index (χ0n) is 7.36. The molecule has 0 saturated carbocycles. The van der Waals surface area contributed by atoms with E-state index in [9.17, 15) is 8.42 Å². The van der Waals surface area contributed by atoms with Gasteiger partial charge in [0.15, 0.2) is 14.9 Å². The summed E-state index contributed by atoms with van der Waals surface area (Å²) < 4.78 is 22.6. The molecule has 6 heteroatoms. The Morgan fingerprint density at radius 1 is 1.62 bits per heavy atom. The van der Waals surface area contributed by atoms with E-state index in [2.05, 4.69) is 5.32 Å². The molecule has 1 N–H and O–H groups in total. The maximum atomic E-state index is 11.3. The van der Waals surface area contributed by atoms with Crippen molar-refractivity contribution in [2.24, 2.45) is 0 Å². The average Bonchev–Trinajstić information content (AvgIpc) is 2.39. The fourth-order valence-electron chi connectivity index (χ4n) is 2.04. The highest BCUT2D eigenvalue weighted by atomic mass is 32.2. The van der Waals surface area contributed by atoms with Gasteiger partial charge < -0.3 is 10.2 Å². The van der Waals surface area contributed by atoms with E-state index in [4.69, 9.17) is 12.2 Å². The minimum absolute atomic E-state index is 0.0254. The number of hydrogen-bond donors (Lipinski definition) is 1. The van der Waals surface area contributed by atoms with Gasteiger partial charge in [0.25, 0.3) is 0 Å². The Labute approximate surface area is 83.2 Å². The lowest BCUT2D eigenvalue weighted by Gasteiger charge is -2.20. The molecule has 2 rings (SSSR count). The SMILES string of the molecule is CCN1C(=S)N[C@H]2CS(=O)(=O)C[C@H]21. The molecule has 2 aliphatic rings. The van der Waals surface area contributed by atoms with E-state index >= 15 is 0 Å². The number of thiocarbonyl (C=S) groups is 1. The molecule has 0 unspecified atom stereocenters. The quantitative estimate of drug-likeness (QED) is 0.596. The molecule has 0 aromatic carbocycles. The third-order valence-electron chi connectivity index (χ3n) is 2.63. The minimum Gasteiger partial charge on any atom is -0.357 e. The molecule has 0 aromatic rings. The summed E-state index contributed by atoms with van der Waals surface area (Å²) in [4.78, 5) is 1.96. The molecule has 0 aliphatic carbocycles. The van der Waals surface area contributed by atoms with E-state index < -0.39 is 9.84 Å². The van der Waals surface area contributed by atoms with E-state index in [0.29, 0.717) is 5.11 Å². The summed E-state index contributed by atoms with van der Waals surface area (Å²) >= 11 is 5.09. The molecule has 0 spiro atoms. The number of fused-ring (bicyclic) bond motifs is 1. The van der Waals surface area contributed by atoms with Gasteiger partial charge in [-0.15, -0.1) is 0 Å². The van der Waals surface area contributed by atoms with E-state index in [1.807, 2.05) is 11.8 Å². The lowest BCUT2D eigenvalue weighted by Crippen LogP contribution is -2.36. The van der Waals surface area contributed by atoms with Crippen LogP contribution in [0.5, 0.6) is 0 Å². The number of rotatable bonds is 1. The van der Waals surface area contributed by atoms with Crippen molar-refractivity contribution < 1.29 is 8.42 Å². The molecule has 4 nitrogen and oxygen atoms in total. The van der Waals surface area contributed by atoms with Crippen LogP contribution < -0.4 is 5.32 Å². The summed E-state index contributed by atoms with van der Waals surface area (Å²) in [5.74, 6) is 0.479. The molecule has 2 atom stereocenters. The van der Waals surface area contributed by atoms with Crippen molar-refractivity contribution >= 4 is 27.2 Å². The van der Waals surface area contributed by atoms with Crippen molar-refractivity contribution in [3.05, 3.63) is 0 Å². The minimum atomic E-state index is -2.84. The number of hydrogen-bond acceptors (Lipinski definition) is 3. The number of nitrogens with zero attached hydrogens (tertiary/aromatic N) is 1. The van der Waals surface area contributed by atoms with E-state index in [1.54, 1.807) is 0 Å². The third-order valence-corrected chi connectivity index (χ3v) is 4.70. The Kier molecular flexibility index (Phi) is 1.99. The maximum absolute atomic E-state index is 11.3. The van der Waals surface area contributed by atoms with Gasteiger partial charge >= 0.3 is 0 Å². The number of nitrogens with one attached hydrogen (secondary N) is 1. The van der Waals surface area contributed by atoms with Crippen LogP contribution in [0.3, 0.4) is 0 Å². The summed E-state index contributed by atoms with van der Waals surface area (Å²) in [5, 5.41) is 3.75. The van der Waals surface area contributed by atoms with Gasteiger partial charge in [0.2, 0.25) is 0 Å². The molecule has 2 fully saturated rings. The molecule has 2 aliphatic heterocycles. The maximum Gasteiger partial charge on any atom is 0.169 e. The predicted molar refractivity (Wildman–Crippen MR) is 54.3 cm³/mol. The standard InChI is InChI=1S/C7H12N2O2S2/c1-2-9-6-4-13(10,11)3-5(6)8-7(9)12/h5-6H,2-4H2,1H3,(H,8,12)/t5-,6+/m0/s1. The fraction of sp³-hybridized carbons (Fsp3) is 0.857. The molecule has 13 heavy (non-hydrogen) atoms. The van der Waals surface area contributed by atoms with Crippen LogP contribution in [0.1, 0.15) is 6.92 Å². The Bertz CT molecular complexity index is 338. The molecule has 0 radical (unpaired) electrons. The van der Waals surface area contributed by atoms with E-state index in [1.165, 1.54) is 0 Å². The second-order valence-corrected chi connectivity index (χ2v) is 6.03. The molecular weight excluding hydrogens is 208 g/mol. The second-order valence-electron chi connectivity index (χ2n) is 3.49. The highest BCUT2D eigenvalue weighted by Crippen LogP contribution is 2.23. The van der Waals surface area contributed by atoms with E-state index in [0.717, 1.165) is 6.54 Å². The van der Waals surface area contributed by atoms with Crippen LogP contribution in [0.15, 0.2) is 0 Å². The Balaban J connectivity index is 2.24. The lowest BCUT2D eigenvalue weighted by atomic mass is 10.2. The predicted octanol–water partition coefficient (Wildman–Crippen LogP) is -0.638. The van der Waals surface area contributed by atoms with Crippen LogP contribution in [0.4, 0.5) is 0 Å². The first kappa shape index (κ1) is 9.21.